The van der Waals surface area contributed by atoms with Crippen molar-refractivity contribution >= 4 is 65.5 Å². The maximum absolute atomic E-state index is 12.6. The Balaban J connectivity index is 0.000000218. The smallest absolute Gasteiger partial charge is 0.300 e. The molecule has 0 aliphatic heterocycles. The van der Waals surface area contributed by atoms with Crippen molar-refractivity contribution in [1.82, 2.24) is 0 Å². The summed E-state index contributed by atoms with van der Waals surface area (Å²) < 4.78 is 186. The summed E-state index contributed by atoms with van der Waals surface area (Å²) in [7, 11) is -11.4. The van der Waals surface area contributed by atoms with Crippen LogP contribution in [0.5, 0.6) is 0 Å². The lowest BCUT2D eigenvalue weighted by atomic mass is 9.96. The van der Waals surface area contributed by atoms with Crippen molar-refractivity contribution in [3.8, 4) is 11.1 Å². The molecule has 0 spiro atoms. The third-order valence-corrected chi connectivity index (χ3v) is 15.0. The van der Waals surface area contributed by atoms with E-state index in [1.165, 1.54) is 50.3 Å². The molecule has 0 unspecified atom stereocenters. The molecule has 7 aromatic rings. The van der Waals surface area contributed by atoms with Crippen molar-refractivity contribution in [1.29, 1.82) is 0 Å². The summed E-state index contributed by atoms with van der Waals surface area (Å²) >= 11 is 4.24. The van der Waals surface area contributed by atoms with Gasteiger partial charge in [-0.3, -0.25) is 4.55 Å². The summed E-state index contributed by atoms with van der Waals surface area (Å²) in [4.78, 5) is 1.90. The van der Waals surface area contributed by atoms with Crippen molar-refractivity contribution < 1.29 is 69.8 Å². The van der Waals surface area contributed by atoms with Crippen molar-refractivity contribution in [2.24, 2.45) is 0 Å². The topological polar surface area (TPSA) is 112 Å². The van der Waals surface area contributed by atoms with Gasteiger partial charge in [0, 0.05) is 13.4 Å². The minimum absolute atomic E-state index is 0.110. The van der Waals surface area contributed by atoms with Crippen LogP contribution in [0, 0.1) is 75.6 Å². The van der Waals surface area contributed by atoms with Crippen molar-refractivity contribution in [2.75, 3.05) is 0 Å². The molecule has 7 aromatic carbocycles. The first-order valence-corrected chi connectivity index (χ1v) is 23.9. The third kappa shape index (κ3) is 11.7. The van der Waals surface area contributed by atoms with Crippen LogP contribution in [0.15, 0.2) is 156 Å². The van der Waals surface area contributed by atoms with Crippen molar-refractivity contribution in [3.63, 3.8) is 0 Å². The first-order chi connectivity index (χ1) is 30.4. The number of aryl methyl sites for hydroxylation is 1. The first kappa shape index (κ1) is 51.1. The number of hydrogen-bond acceptors (Lipinski definition) is 6. The highest BCUT2D eigenvalue weighted by Crippen LogP contribution is 2.36. The highest BCUT2D eigenvalue weighted by Gasteiger charge is 2.33. The quantitative estimate of drug-likeness (QED) is 0.0403. The van der Waals surface area contributed by atoms with Gasteiger partial charge in [-0.05, 0) is 125 Å². The van der Waals surface area contributed by atoms with E-state index in [1.54, 1.807) is 0 Å². The van der Waals surface area contributed by atoms with Gasteiger partial charge >= 0.3 is 10.1 Å². The second-order valence-electron chi connectivity index (χ2n) is 13.1. The lowest BCUT2D eigenvalue weighted by Gasteiger charge is -2.12. The van der Waals surface area contributed by atoms with Crippen LogP contribution in [0.2, 0.25) is 0 Å². The maximum Gasteiger partial charge on any atom is 0.300 e. The zero-order valence-corrected chi connectivity index (χ0v) is 38.2. The van der Waals surface area contributed by atoms with Crippen LogP contribution in [0.25, 0.3) is 11.1 Å². The van der Waals surface area contributed by atoms with Gasteiger partial charge in [-0.25, -0.2) is 52.3 Å². The molecule has 0 saturated heterocycles. The SMILES string of the molecule is Cc1ccc(I)c(C)c1-c1ccc(Sc2ccc([S+](c3ccccc3)c3ccccc3)cc2)cc1.O=S(=O)(O)c1c(F)c(F)c(F)c(F)c1F.O=S(=O)([O-])c1c(F)c(F)c(F)c(F)c1F. The molecule has 1 N–H and O–H groups in total. The molecule has 0 heterocycles. The fourth-order valence-electron chi connectivity index (χ4n) is 5.87. The number of halogens is 11. The summed E-state index contributed by atoms with van der Waals surface area (Å²) in [6.45, 7) is 4.41. The molecule has 65 heavy (non-hydrogen) atoms. The van der Waals surface area contributed by atoms with E-state index in [4.69, 9.17) is 4.55 Å². The second kappa shape index (κ2) is 21.2. The summed E-state index contributed by atoms with van der Waals surface area (Å²) in [6.07, 6.45) is 0. The second-order valence-corrected chi connectivity index (χ2v) is 20.1. The van der Waals surface area contributed by atoms with E-state index in [-0.39, 0.29) is 10.9 Å². The molecule has 0 aromatic heterocycles. The summed E-state index contributed by atoms with van der Waals surface area (Å²) in [5.41, 5.74) is 5.32. The van der Waals surface area contributed by atoms with E-state index in [0.717, 1.165) is 0 Å². The van der Waals surface area contributed by atoms with Crippen LogP contribution in [-0.2, 0) is 31.1 Å². The normalized spacial score (nSPS) is 11.4. The average molecular weight is 1100 g/mol. The Morgan fingerprint density at radius 1 is 0.492 bits per heavy atom. The van der Waals surface area contributed by atoms with Gasteiger partial charge in [0.2, 0.25) is 11.6 Å². The number of hydrogen-bond donors (Lipinski definition) is 1. The monoisotopic (exact) mass is 1100 g/mol. The molecular formula is C44H27F10IO6S4. The summed E-state index contributed by atoms with van der Waals surface area (Å²) in [5, 5.41) is 0. The van der Waals surface area contributed by atoms with Crippen LogP contribution in [0.1, 0.15) is 11.1 Å². The Morgan fingerprint density at radius 3 is 1.23 bits per heavy atom. The van der Waals surface area contributed by atoms with E-state index in [1.807, 2.05) is 11.8 Å². The zero-order chi connectivity index (χ0) is 48.1. The molecule has 0 aliphatic carbocycles. The fourth-order valence-corrected chi connectivity index (χ4v) is 10.5. The van der Waals surface area contributed by atoms with Gasteiger partial charge < -0.3 is 4.55 Å². The van der Waals surface area contributed by atoms with E-state index in [2.05, 4.69) is 158 Å². The van der Waals surface area contributed by atoms with Gasteiger partial charge in [0.1, 0.15) is 15.0 Å². The molecular weight excluding hydrogens is 1070 g/mol. The number of benzene rings is 7. The van der Waals surface area contributed by atoms with Crippen molar-refractivity contribution in [2.45, 2.75) is 48.1 Å². The minimum Gasteiger partial charge on any atom is -0.744 e. The third-order valence-electron chi connectivity index (χ3n) is 8.85. The minimum atomic E-state index is -5.77. The molecule has 0 fully saturated rings. The standard InChI is InChI=1S/C32H26IS2.2C6HF5O3S/c1-23-13-22-31(33)24(2)32(23)25-14-16-26(17-15-25)34-27-18-20-30(21-19-27)35(28-9-5-3-6-10-28)29-11-7-4-8-12-29;2*7-1-2(8)4(10)6(15(12,13)14)5(11)3(1)9/h3-22H,1-2H3;2*(H,12,13,14)/q+1;;/p-1. The van der Waals surface area contributed by atoms with Gasteiger partial charge in [-0.2, -0.15) is 8.42 Å². The molecule has 0 amide bonds. The van der Waals surface area contributed by atoms with E-state index >= 15 is 0 Å². The Labute approximate surface area is 386 Å². The predicted molar refractivity (Wildman–Crippen MR) is 230 cm³/mol. The molecule has 0 atom stereocenters. The largest absolute Gasteiger partial charge is 0.744 e. The van der Waals surface area contributed by atoms with Gasteiger partial charge in [0.25, 0.3) is 0 Å². The highest BCUT2D eigenvalue weighted by molar-refractivity contribution is 14.1. The summed E-state index contributed by atoms with van der Waals surface area (Å²) in [6, 6.07) is 44.1. The molecule has 21 heteroatoms. The molecule has 7 rings (SSSR count). The highest BCUT2D eigenvalue weighted by atomic mass is 127. The zero-order valence-electron chi connectivity index (χ0n) is 32.8. The Morgan fingerprint density at radius 2 is 0.846 bits per heavy atom. The Kier molecular flexibility index (Phi) is 16.6. The van der Waals surface area contributed by atoms with Crippen LogP contribution >= 0.6 is 34.4 Å². The lowest BCUT2D eigenvalue weighted by molar-refractivity contribution is 0.350. The lowest BCUT2D eigenvalue weighted by Crippen LogP contribution is -2.12. The molecule has 6 nitrogen and oxygen atoms in total. The van der Waals surface area contributed by atoms with Crippen LogP contribution < -0.4 is 0 Å². The van der Waals surface area contributed by atoms with Gasteiger partial charge in [0.05, 0.1) is 10.9 Å². The first-order valence-electron chi connectivity index (χ1n) is 17.9. The fraction of sp³-hybridized carbons (Fsp3) is 0.0455. The van der Waals surface area contributed by atoms with Crippen LogP contribution in [-0.4, -0.2) is 25.9 Å². The van der Waals surface area contributed by atoms with Crippen LogP contribution in [0.3, 0.4) is 0 Å². The van der Waals surface area contributed by atoms with Crippen molar-refractivity contribution in [3.05, 3.63) is 194 Å². The molecule has 0 saturated carbocycles. The summed E-state index contributed by atoms with van der Waals surface area (Å²) in [5.74, 6) is -25.4. The van der Waals surface area contributed by atoms with Crippen LogP contribution in [0.4, 0.5) is 43.9 Å². The van der Waals surface area contributed by atoms with Gasteiger partial charge in [0.15, 0.2) is 66.1 Å². The number of rotatable bonds is 8. The molecule has 340 valence electrons. The van der Waals surface area contributed by atoms with Gasteiger partial charge in [-0.1, -0.05) is 66.4 Å². The van der Waals surface area contributed by atoms with E-state index in [9.17, 15) is 65.3 Å². The average Bonchev–Trinajstić information content (AvgIpc) is 3.26. The molecule has 0 radical (unpaired) electrons. The predicted octanol–water partition coefficient (Wildman–Crippen LogP) is 12.7. The van der Waals surface area contributed by atoms with E-state index < -0.39 is 88.2 Å². The maximum atomic E-state index is 12.6. The molecule has 0 bridgehead atoms. The Bertz CT molecular complexity index is 2900. The Hall–Kier alpha value is -4.91. The van der Waals surface area contributed by atoms with Gasteiger partial charge in [-0.15, -0.1) is 0 Å². The van der Waals surface area contributed by atoms with E-state index in [0.29, 0.717) is 0 Å². The molecule has 0 aliphatic rings.